The topological polar surface area (TPSA) is 58.5 Å². The van der Waals surface area contributed by atoms with E-state index in [2.05, 4.69) is 9.71 Å². The lowest BCUT2D eigenvalue weighted by Crippen LogP contribution is -2.14. The number of alkyl halides is 3. The highest BCUT2D eigenvalue weighted by atomic mass is 32.2. The van der Waals surface area contributed by atoms with Crippen LogP contribution in [0.3, 0.4) is 0 Å². The monoisotopic (exact) mass is 344 g/mol. The lowest BCUT2D eigenvalue weighted by molar-refractivity contribution is -0.137. The van der Waals surface area contributed by atoms with Gasteiger partial charge in [0.05, 0.1) is 11.1 Å². The van der Waals surface area contributed by atoms with E-state index < -0.39 is 27.6 Å². The summed E-state index contributed by atoms with van der Waals surface area (Å²) in [5.74, 6) is -1.18. The van der Waals surface area contributed by atoms with Crippen LogP contribution in [0.5, 0.6) is 0 Å². The molecule has 0 atom stereocenters. The number of halogens is 4. The van der Waals surface area contributed by atoms with Gasteiger partial charge in [-0.05, 0) is 30.3 Å². The molecule has 0 unspecified atom stereocenters. The van der Waals surface area contributed by atoms with E-state index in [9.17, 15) is 26.0 Å². The van der Waals surface area contributed by atoms with Crippen LogP contribution in [-0.2, 0) is 16.2 Å². The second-order valence-corrected chi connectivity index (χ2v) is 6.30. The van der Waals surface area contributed by atoms with Crippen molar-refractivity contribution < 1.29 is 26.0 Å². The summed E-state index contributed by atoms with van der Waals surface area (Å²) in [6, 6.07) is 7.54. The number of fused-ring (bicyclic) bond motifs is 1. The van der Waals surface area contributed by atoms with Crippen LogP contribution in [0.1, 0.15) is 11.1 Å². The van der Waals surface area contributed by atoms with Gasteiger partial charge in [-0.1, -0.05) is 12.1 Å². The highest BCUT2D eigenvalue weighted by Gasteiger charge is 2.33. The Morgan fingerprint density at radius 2 is 1.74 bits per heavy atom. The van der Waals surface area contributed by atoms with E-state index in [0.29, 0.717) is 0 Å². The van der Waals surface area contributed by atoms with Crippen molar-refractivity contribution in [2.75, 3.05) is 5.32 Å². The molecule has 0 saturated carbocycles. The number of hydrogen-bond donors (Lipinski definition) is 1. The number of rotatable bonds is 1. The van der Waals surface area contributed by atoms with Gasteiger partial charge in [0.15, 0.2) is 5.84 Å². The van der Waals surface area contributed by atoms with E-state index in [4.69, 9.17) is 0 Å². The molecule has 0 saturated heterocycles. The lowest BCUT2D eigenvalue weighted by atomic mass is 10.1. The van der Waals surface area contributed by atoms with Gasteiger partial charge in [0.2, 0.25) is 0 Å². The van der Waals surface area contributed by atoms with Crippen LogP contribution in [-0.4, -0.2) is 14.3 Å². The second-order valence-electron chi connectivity index (χ2n) is 4.73. The Kier molecular flexibility index (Phi) is 3.40. The van der Waals surface area contributed by atoms with Gasteiger partial charge in [-0.25, -0.2) is 4.39 Å². The number of nitrogens with one attached hydrogen (secondary N) is 1. The SMILES string of the molecule is O=S1(=O)N=C(Nc2cccc(C(F)(F)F)c2)c2c(F)cccc21. The summed E-state index contributed by atoms with van der Waals surface area (Å²) in [5.41, 5.74) is -1.26. The number of hydrogen-bond acceptors (Lipinski definition) is 3. The molecule has 2 aromatic carbocycles. The van der Waals surface area contributed by atoms with Gasteiger partial charge in [-0.15, -0.1) is 4.40 Å². The fraction of sp³-hybridized carbons (Fsp3) is 0.0714. The van der Waals surface area contributed by atoms with Gasteiger partial charge in [0.25, 0.3) is 10.0 Å². The summed E-state index contributed by atoms with van der Waals surface area (Å²) in [6.07, 6.45) is -4.55. The smallest absolute Gasteiger partial charge is 0.339 e. The van der Waals surface area contributed by atoms with Crippen LogP contribution < -0.4 is 5.32 Å². The Hall–Kier alpha value is -2.42. The van der Waals surface area contributed by atoms with Crippen LogP contribution in [0.2, 0.25) is 0 Å². The van der Waals surface area contributed by atoms with Gasteiger partial charge in [0.1, 0.15) is 10.7 Å². The first-order chi connectivity index (χ1) is 10.7. The zero-order valence-corrected chi connectivity index (χ0v) is 12.0. The van der Waals surface area contributed by atoms with E-state index in [-0.39, 0.29) is 22.0 Å². The zero-order chi connectivity index (χ0) is 16.8. The Bertz CT molecular complexity index is 921. The first-order valence-corrected chi connectivity index (χ1v) is 7.71. The van der Waals surface area contributed by atoms with Crippen molar-refractivity contribution >= 4 is 21.5 Å². The molecule has 1 aliphatic rings. The Morgan fingerprint density at radius 1 is 1.04 bits per heavy atom. The predicted octanol–water partition coefficient (Wildman–Crippen LogP) is 3.41. The van der Waals surface area contributed by atoms with Crippen LogP contribution >= 0.6 is 0 Å². The highest BCUT2D eigenvalue weighted by molar-refractivity contribution is 7.90. The van der Waals surface area contributed by atoms with Crippen molar-refractivity contribution in [3.8, 4) is 0 Å². The summed E-state index contributed by atoms with van der Waals surface area (Å²) in [4.78, 5) is -0.327. The molecule has 0 amide bonds. The molecule has 0 spiro atoms. The van der Waals surface area contributed by atoms with Crippen LogP contribution in [0, 0.1) is 5.82 Å². The third-order valence-electron chi connectivity index (χ3n) is 3.15. The minimum absolute atomic E-state index is 0.0510. The normalized spacial score (nSPS) is 15.9. The second kappa shape index (κ2) is 5.05. The van der Waals surface area contributed by atoms with Gasteiger partial charge >= 0.3 is 6.18 Å². The Balaban J connectivity index is 2.03. The summed E-state index contributed by atoms with van der Waals surface area (Å²) in [7, 11) is -4.07. The average molecular weight is 344 g/mol. The van der Waals surface area contributed by atoms with Crippen LogP contribution in [0.25, 0.3) is 0 Å². The molecule has 9 heteroatoms. The van der Waals surface area contributed by atoms with Crippen molar-refractivity contribution in [1.82, 2.24) is 0 Å². The van der Waals surface area contributed by atoms with Gasteiger partial charge < -0.3 is 5.32 Å². The first-order valence-electron chi connectivity index (χ1n) is 6.26. The molecule has 0 radical (unpaired) electrons. The standard InChI is InChI=1S/C14H8F4N2O2S/c15-10-5-2-6-11-12(10)13(20-23(11,21)22)19-9-4-1-3-8(7-9)14(16,17)18/h1-7H,(H,19,20). The minimum Gasteiger partial charge on any atom is -0.339 e. The Morgan fingerprint density at radius 3 is 2.43 bits per heavy atom. The molecule has 4 nitrogen and oxygen atoms in total. The Labute approximate surface area is 128 Å². The van der Waals surface area contributed by atoms with Gasteiger partial charge in [-0.3, -0.25) is 0 Å². The molecule has 3 rings (SSSR count). The molecule has 1 N–H and O–H groups in total. The molecular formula is C14H8F4N2O2S. The van der Waals surface area contributed by atoms with E-state index >= 15 is 0 Å². The molecule has 2 aromatic rings. The predicted molar refractivity (Wildman–Crippen MR) is 75.2 cm³/mol. The lowest BCUT2D eigenvalue weighted by Gasteiger charge is -2.11. The number of sulfonamides is 1. The average Bonchev–Trinajstić information content (AvgIpc) is 2.71. The van der Waals surface area contributed by atoms with Crippen molar-refractivity contribution in [2.45, 2.75) is 11.1 Å². The van der Waals surface area contributed by atoms with Crippen molar-refractivity contribution in [1.29, 1.82) is 0 Å². The number of nitrogens with zero attached hydrogens (tertiary/aromatic N) is 1. The van der Waals surface area contributed by atoms with E-state index in [1.807, 2.05) is 0 Å². The third kappa shape index (κ3) is 2.79. The fourth-order valence-electron chi connectivity index (χ4n) is 2.16. The van der Waals surface area contributed by atoms with Crippen molar-refractivity contribution in [2.24, 2.45) is 4.40 Å². The first kappa shape index (κ1) is 15.5. The van der Waals surface area contributed by atoms with Crippen LogP contribution in [0.15, 0.2) is 51.8 Å². The van der Waals surface area contributed by atoms with Gasteiger partial charge in [0, 0.05) is 5.69 Å². The molecule has 0 fully saturated rings. The largest absolute Gasteiger partial charge is 0.416 e. The third-order valence-corrected chi connectivity index (χ3v) is 4.47. The van der Waals surface area contributed by atoms with E-state index in [1.54, 1.807) is 0 Å². The molecule has 0 aromatic heterocycles. The maximum atomic E-state index is 13.9. The molecule has 120 valence electrons. The number of anilines is 1. The van der Waals surface area contributed by atoms with Gasteiger partial charge in [-0.2, -0.15) is 21.6 Å². The van der Waals surface area contributed by atoms with E-state index in [0.717, 1.165) is 24.3 Å². The number of benzene rings is 2. The minimum atomic E-state index is -4.55. The molecule has 23 heavy (non-hydrogen) atoms. The molecule has 1 heterocycles. The molecule has 0 bridgehead atoms. The maximum Gasteiger partial charge on any atom is 0.416 e. The molecular weight excluding hydrogens is 336 g/mol. The summed E-state index contributed by atoms with van der Waals surface area (Å²) in [5, 5.41) is 2.44. The fourth-order valence-corrected chi connectivity index (χ4v) is 3.34. The number of amidine groups is 1. The van der Waals surface area contributed by atoms with Crippen LogP contribution in [0.4, 0.5) is 23.2 Å². The summed E-state index contributed by atoms with van der Waals surface area (Å²) in [6.45, 7) is 0. The maximum absolute atomic E-state index is 13.9. The zero-order valence-electron chi connectivity index (χ0n) is 11.2. The quantitative estimate of drug-likeness (QED) is 0.807. The molecule has 1 aliphatic heterocycles. The molecule has 0 aliphatic carbocycles. The van der Waals surface area contributed by atoms with Crippen molar-refractivity contribution in [3.63, 3.8) is 0 Å². The highest BCUT2D eigenvalue weighted by Crippen LogP contribution is 2.32. The van der Waals surface area contributed by atoms with E-state index in [1.165, 1.54) is 18.2 Å². The summed E-state index contributed by atoms with van der Waals surface area (Å²) < 4.78 is 79.1. The van der Waals surface area contributed by atoms with Crippen molar-refractivity contribution in [3.05, 3.63) is 59.4 Å². The summed E-state index contributed by atoms with van der Waals surface area (Å²) >= 11 is 0.